The second-order valence-electron chi connectivity index (χ2n) is 31.4. The molecule has 0 radical (unpaired) electrons. The number of carbonyl (C=O) groups is 8. The Bertz CT molecular complexity index is 5180. The van der Waals surface area contributed by atoms with Crippen molar-refractivity contribution >= 4 is 94.1 Å². The summed E-state index contributed by atoms with van der Waals surface area (Å²) in [5.74, 6) is -4.72. The molecule has 0 aliphatic carbocycles. The number of aromatic amines is 2. The van der Waals surface area contributed by atoms with E-state index in [0.29, 0.717) is 108 Å². The minimum atomic E-state index is -1.09. The maximum Gasteiger partial charge on any atom is 0.303 e. The molecule has 0 spiro atoms. The largest absolute Gasteiger partial charge is 0.465 e. The zero-order chi connectivity index (χ0) is 85.7. The average Bonchev–Trinajstić information content (AvgIpc) is 1.53. The zero-order valence-electron chi connectivity index (χ0n) is 69.9. The quantitative estimate of drug-likeness (QED) is 0.0419. The van der Waals surface area contributed by atoms with Gasteiger partial charge in [0.15, 0.2) is 12.2 Å². The maximum absolute atomic E-state index is 12.7. The van der Waals surface area contributed by atoms with Crippen molar-refractivity contribution in [1.82, 2.24) is 19.9 Å². The highest BCUT2D eigenvalue weighted by molar-refractivity contribution is 6.00. The third-order valence-electron chi connectivity index (χ3n) is 22.9. The topological polar surface area (TPSA) is 342 Å². The number of ether oxygens (including phenoxy) is 16. The number of hydrogen-bond acceptors (Lipinski definition) is 26. The van der Waals surface area contributed by atoms with Gasteiger partial charge in [-0.1, -0.05) is 104 Å². The number of H-pyrrole nitrogens is 2. The van der Waals surface area contributed by atoms with Crippen LogP contribution in [0, 0.1) is 41.4 Å². The minimum absolute atomic E-state index is 0.0361. The van der Waals surface area contributed by atoms with Gasteiger partial charge in [0, 0.05) is 129 Å². The van der Waals surface area contributed by atoms with Gasteiger partial charge in [-0.05, 0) is 132 Å². The summed E-state index contributed by atoms with van der Waals surface area (Å²) in [5.41, 5.74) is 10.4. The fourth-order valence-corrected chi connectivity index (χ4v) is 16.4. The van der Waals surface area contributed by atoms with E-state index in [1.54, 1.807) is 24.3 Å². The molecule has 9 heterocycles. The Morgan fingerprint density at radius 1 is 0.292 bits per heavy atom. The molecule has 120 heavy (non-hydrogen) atoms. The van der Waals surface area contributed by atoms with E-state index in [2.05, 4.69) is 9.97 Å². The summed E-state index contributed by atoms with van der Waals surface area (Å²) in [6.45, 7) is 25.5. The molecule has 8 bridgehead atoms. The molecule has 6 aliphatic rings. The molecule has 634 valence electrons. The molecular weight excluding hydrogens is 1550 g/mol. The summed E-state index contributed by atoms with van der Waals surface area (Å²) < 4.78 is 97.8. The molecule has 0 saturated carbocycles. The van der Waals surface area contributed by atoms with Gasteiger partial charge in [-0.25, -0.2) is 9.97 Å². The predicted octanol–water partition coefficient (Wildman–Crippen LogP) is 14.9. The fourth-order valence-electron chi connectivity index (χ4n) is 16.4. The van der Waals surface area contributed by atoms with Crippen molar-refractivity contribution in [2.24, 2.45) is 41.4 Å². The molecule has 13 rings (SSSR count). The number of nitrogens with one attached hydrogen (secondary N) is 2. The van der Waals surface area contributed by atoms with E-state index in [0.717, 1.165) is 11.1 Å². The first-order chi connectivity index (χ1) is 57.4. The molecule has 2 N–H and O–H groups in total. The smallest absolute Gasteiger partial charge is 0.303 e. The van der Waals surface area contributed by atoms with Crippen molar-refractivity contribution < 1.29 is 114 Å². The number of fused-ring (bicyclic) bond motifs is 8. The summed E-state index contributed by atoms with van der Waals surface area (Å²) in [5, 5.41) is 0. The van der Waals surface area contributed by atoms with Crippen LogP contribution < -0.4 is 18.9 Å². The van der Waals surface area contributed by atoms with Crippen LogP contribution >= 0.6 is 0 Å². The van der Waals surface area contributed by atoms with Crippen LogP contribution in [0.5, 0.6) is 23.0 Å². The van der Waals surface area contributed by atoms with Crippen molar-refractivity contribution in [3.63, 3.8) is 0 Å². The lowest BCUT2D eigenvalue weighted by Crippen LogP contribution is -2.57. The molecule has 0 amide bonds. The normalized spacial score (nSPS) is 26.9. The van der Waals surface area contributed by atoms with Crippen LogP contribution in [-0.4, -0.2) is 168 Å². The highest BCUT2D eigenvalue weighted by atomic mass is 16.7. The molecule has 4 fully saturated rings. The van der Waals surface area contributed by atoms with E-state index in [9.17, 15) is 38.4 Å². The van der Waals surface area contributed by atoms with Gasteiger partial charge in [0.2, 0.25) is 25.2 Å². The van der Waals surface area contributed by atoms with Gasteiger partial charge >= 0.3 is 47.8 Å². The second kappa shape index (κ2) is 37.3. The monoisotopic (exact) mass is 1650 g/mol. The lowest BCUT2D eigenvalue weighted by Gasteiger charge is -2.43. The van der Waals surface area contributed by atoms with Crippen molar-refractivity contribution in [2.45, 2.75) is 197 Å². The van der Waals surface area contributed by atoms with Gasteiger partial charge in [-0.2, -0.15) is 0 Å². The highest BCUT2D eigenvalue weighted by Gasteiger charge is 2.51. The summed E-state index contributed by atoms with van der Waals surface area (Å²) in [6.07, 6.45) is -2.18. The predicted molar refractivity (Wildman–Crippen MR) is 440 cm³/mol. The van der Waals surface area contributed by atoms with Gasteiger partial charge < -0.3 is 85.8 Å². The molecular formula is C92H102N4O24. The molecule has 8 unspecified atom stereocenters. The molecule has 20 atom stereocenters. The van der Waals surface area contributed by atoms with Crippen LogP contribution in [0.25, 0.3) is 90.9 Å². The van der Waals surface area contributed by atoms with Gasteiger partial charge in [-0.3, -0.25) is 38.4 Å². The first-order valence-corrected chi connectivity index (χ1v) is 40.5. The molecule has 4 saturated heterocycles. The van der Waals surface area contributed by atoms with Crippen molar-refractivity contribution in [1.29, 1.82) is 0 Å². The highest BCUT2D eigenvalue weighted by Crippen LogP contribution is 2.44. The Morgan fingerprint density at radius 3 is 0.917 bits per heavy atom. The molecule has 28 heteroatoms. The van der Waals surface area contributed by atoms with Gasteiger partial charge in [-0.15, -0.1) is 0 Å². The molecule has 28 nitrogen and oxygen atoms in total. The van der Waals surface area contributed by atoms with Gasteiger partial charge in [0.1, 0.15) is 73.3 Å². The van der Waals surface area contributed by atoms with Gasteiger partial charge in [0.05, 0.1) is 40.9 Å². The Kier molecular flexibility index (Phi) is 26.8. The number of hydrogen-bond donors (Lipinski definition) is 2. The van der Waals surface area contributed by atoms with E-state index in [1.807, 2.05) is 177 Å². The Labute approximate surface area is 695 Å². The molecule has 3 aromatic heterocycles. The number of benzene rings is 4. The SMILES string of the molecule is CCC1O[C@@H](Oc2ccc(-c3c4nc(c(-c5ccc(O[C@@H]6OC(COC(C)=O)[C@@H](C)[C@H](C)C6OC(C)=O)cc5)c5ccc([nH]5)c(-c5ccc(O[C@@H]6OC(COC(C)=O)[C@@H](C)[C@H](OC(C)=O)C6C)cc5)c5nc(c(-c6ccc(OC7O[C@H](COC(C)=O)C(OC(C)=O)[C@@H](C)[C@H]7C)cc6)c6ccc3[nH]6)C=C5)C=C4)cc2)C(OC(C)=O)[C@@H](C)[C@@H]1OC(C)=O. The third-order valence-corrected chi connectivity index (χ3v) is 22.9. The zero-order valence-corrected chi connectivity index (χ0v) is 69.9. The number of aromatic nitrogens is 4. The van der Waals surface area contributed by atoms with Crippen molar-refractivity contribution in [3.8, 4) is 67.5 Å². The van der Waals surface area contributed by atoms with Crippen molar-refractivity contribution in [3.05, 3.63) is 144 Å². The Balaban J connectivity index is 0.975. The summed E-state index contributed by atoms with van der Waals surface area (Å²) >= 11 is 0. The van der Waals surface area contributed by atoms with E-state index >= 15 is 0 Å². The van der Waals surface area contributed by atoms with E-state index < -0.39 is 140 Å². The van der Waals surface area contributed by atoms with E-state index in [4.69, 9.17) is 85.8 Å². The van der Waals surface area contributed by atoms with E-state index in [-0.39, 0.29) is 49.4 Å². The Hall–Kier alpha value is -11.7. The lowest BCUT2D eigenvalue weighted by molar-refractivity contribution is -0.265. The van der Waals surface area contributed by atoms with Crippen molar-refractivity contribution in [2.75, 3.05) is 19.8 Å². The summed E-state index contributed by atoms with van der Waals surface area (Å²) in [6, 6.07) is 37.7. The lowest BCUT2D eigenvalue weighted by atomic mass is 9.83. The summed E-state index contributed by atoms with van der Waals surface area (Å²) in [7, 11) is 0. The van der Waals surface area contributed by atoms with E-state index in [1.165, 1.54) is 55.4 Å². The summed E-state index contributed by atoms with van der Waals surface area (Å²) in [4.78, 5) is 118. The average molecular weight is 1650 g/mol. The molecule has 6 aliphatic heterocycles. The fraction of sp³-hybridized carbons (Fsp3) is 0.435. The molecule has 4 aromatic carbocycles. The number of carbonyl (C=O) groups excluding carboxylic acids is 8. The number of nitrogens with zero attached hydrogens (tertiary/aromatic N) is 2. The van der Waals surface area contributed by atoms with Crippen LogP contribution in [-0.2, 0) is 95.2 Å². The second-order valence-corrected chi connectivity index (χ2v) is 31.4. The number of rotatable bonds is 24. The third kappa shape index (κ3) is 19.6. The standard InChI is InChI=1S/C92H102N4O24/c1-17-76-86(110-57(14)102)50(7)88(112-59(16)104)92(117-76)116-67-32-24-63(25-33-67)83-74-38-36-69(94-74)80(60-18-26-64(27-19-60)113-89-48(5)47(4)85(109-56(13)101)79(120-89)44-107-54(11)99)68-34-35-70(93-68)81(61-20-28-65(29-21-61)114-90-51(8)84(108-55(12)100)49(6)78(118-90)43-106-53(10)98)71-37-39-72(95-71)82(73-40-41-75(83)96-73)62-22-30-66(31-23-62)115-91-87(111-58(15)103)46(3)45(2)77(119-91)42-105-52(9)97/h18-41,45-51,76-79,84-92,94-95H,17,42-44H2,1-16H3/t45-,46-,47-,48+,49+,50-,51?,76?,77?,78?,79+,84-,85?,86-,87?,88?,89?,90+,91+,92+/m0/s1. The minimum Gasteiger partial charge on any atom is -0.465 e. The van der Waals surface area contributed by atoms with Crippen LogP contribution in [0.4, 0.5) is 0 Å². The van der Waals surface area contributed by atoms with Crippen LogP contribution in [0.2, 0.25) is 0 Å². The van der Waals surface area contributed by atoms with Crippen LogP contribution in [0.1, 0.15) is 140 Å². The Morgan fingerprint density at radius 2 is 0.567 bits per heavy atom. The van der Waals surface area contributed by atoms with Gasteiger partial charge in [0.25, 0.3) is 0 Å². The molecule has 7 aromatic rings. The first-order valence-electron chi connectivity index (χ1n) is 40.5. The first kappa shape index (κ1) is 86.1. The maximum atomic E-state index is 12.7. The number of esters is 8. The van der Waals surface area contributed by atoms with Crippen LogP contribution in [0.15, 0.2) is 121 Å². The van der Waals surface area contributed by atoms with Crippen LogP contribution in [0.3, 0.4) is 0 Å².